The molecule has 0 radical (unpaired) electrons. The maximum absolute atomic E-state index is 12.5. The summed E-state index contributed by atoms with van der Waals surface area (Å²) in [6.07, 6.45) is 2.95. The quantitative estimate of drug-likeness (QED) is 0.495. The number of nitrogens with zero attached hydrogens (tertiary/aromatic N) is 2. The lowest BCUT2D eigenvalue weighted by Gasteiger charge is -2.09. The molecule has 1 heterocycles. The molecule has 3 N–H and O–H groups in total. The molecule has 3 rings (SSSR count). The van der Waals surface area contributed by atoms with Crippen molar-refractivity contribution >= 4 is 28.2 Å². The van der Waals surface area contributed by atoms with Crippen molar-refractivity contribution in [1.82, 2.24) is 4.98 Å². The summed E-state index contributed by atoms with van der Waals surface area (Å²) in [7, 11) is 0. The van der Waals surface area contributed by atoms with Crippen LogP contribution in [-0.4, -0.2) is 16.0 Å². The van der Waals surface area contributed by atoms with Crippen molar-refractivity contribution in [2.45, 2.75) is 6.92 Å². The molecule has 1 aromatic heterocycles. The maximum atomic E-state index is 12.5. The molecule has 0 aliphatic heterocycles. The maximum Gasteiger partial charge on any atom is 0.267 e. The fourth-order valence-electron chi connectivity index (χ4n) is 2.52. The van der Waals surface area contributed by atoms with Crippen molar-refractivity contribution in [3.05, 3.63) is 72.1 Å². The van der Waals surface area contributed by atoms with Crippen molar-refractivity contribution in [2.75, 3.05) is 10.6 Å². The van der Waals surface area contributed by atoms with Crippen molar-refractivity contribution in [3.8, 4) is 11.8 Å². The number of aromatic hydroxyl groups is 1. The number of phenols is 1. The highest BCUT2D eigenvalue weighted by atomic mass is 16.3. The minimum atomic E-state index is -0.551. The van der Waals surface area contributed by atoms with E-state index in [1.54, 1.807) is 48.7 Å². The number of rotatable bonds is 4. The van der Waals surface area contributed by atoms with Crippen LogP contribution in [0.25, 0.3) is 10.8 Å². The van der Waals surface area contributed by atoms with E-state index in [4.69, 9.17) is 0 Å². The Morgan fingerprint density at radius 1 is 1.15 bits per heavy atom. The Hall–Kier alpha value is -3.85. The Balaban J connectivity index is 1.85. The molecule has 0 saturated carbocycles. The Morgan fingerprint density at radius 3 is 2.69 bits per heavy atom. The van der Waals surface area contributed by atoms with E-state index in [-0.39, 0.29) is 11.3 Å². The van der Waals surface area contributed by atoms with Gasteiger partial charge in [0.2, 0.25) is 0 Å². The molecule has 0 spiro atoms. The van der Waals surface area contributed by atoms with E-state index in [9.17, 15) is 15.2 Å². The van der Waals surface area contributed by atoms with Crippen LogP contribution in [0.1, 0.15) is 5.56 Å². The highest BCUT2D eigenvalue weighted by molar-refractivity contribution is 6.11. The third kappa shape index (κ3) is 3.47. The van der Waals surface area contributed by atoms with Crippen LogP contribution in [0.2, 0.25) is 0 Å². The van der Waals surface area contributed by atoms with Gasteiger partial charge in [0.25, 0.3) is 5.91 Å². The van der Waals surface area contributed by atoms with Crippen molar-refractivity contribution < 1.29 is 9.90 Å². The zero-order chi connectivity index (χ0) is 18.5. The molecule has 6 heteroatoms. The third-order valence-corrected chi connectivity index (χ3v) is 3.88. The van der Waals surface area contributed by atoms with Gasteiger partial charge in [-0.2, -0.15) is 5.26 Å². The number of nitriles is 1. The topological polar surface area (TPSA) is 98.0 Å². The number of hydrogen-bond donors (Lipinski definition) is 3. The minimum Gasteiger partial charge on any atom is -0.507 e. The van der Waals surface area contributed by atoms with Gasteiger partial charge in [-0.3, -0.25) is 4.79 Å². The van der Waals surface area contributed by atoms with E-state index < -0.39 is 5.91 Å². The van der Waals surface area contributed by atoms with Gasteiger partial charge in [0, 0.05) is 28.9 Å². The predicted molar refractivity (Wildman–Crippen MR) is 101 cm³/mol. The first-order chi connectivity index (χ1) is 12.6. The van der Waals surface area contributed by atoms with Gasteiger partial charge in [-0.15, -0.1) is 0 Å². The molecular weight excluding hydrogens is 328 g/mol. The highest BCUT2D eigenvalue weighted by Crippen LogP contribution is 2.29. The lowest BCUT2D eigenvalue weighted by Crippen LogP contribution is -2.15. The number of amides is 1. The van der Waals surface area contributed by atoms with Gasteiger partial charge in [-0.05, 0) is 30.7 Å². The number of aromatic nitrogens is 1. The van der Waals surface area contributed by atoms with E-state index in [1.165, 1.54) is 6.20 Å². The first-order valence-electron chi connectivity index (χ1n) is 7.90. The SMILES string of the molecule is Cc1cccnc1N/C=C(/C#N)C(=O)Nc1cccc2c(O)cccc12. The Morgan fingerprint density at radius 2 is 1.92 bits per heavy atom. The smallest absolute Gasteiger partial charge is 0.267 e. The van der Waals surface area contributed by atoms with E-state index in [0.717, 1.165) is 5.56 Å². The van der Waals surface area contributed by atoms with Crippen LogP contribution in [-0.2, 0) is 4.79 Å². The third-order valence-electron chi connectivity index (χ3n) is 3.88. The molecule has 3 aromatic rings. The molecule has 1 amide bonds. The molecule has 0 bridgehead atoms. The molecular formula is C20H16N4O2. The number of carbonyl (C=O) groups is 1. The van der Waals surface area contributed by atoms with Crippen LogP contribution in [0.4, 0.5) is 11.5 Å². The zero-order valence-electron chi connectivity index (χ0n) is 14.0. The van der Waals surface area contributed by atoms with Gasteiger partial charge in [0.1, 0.15) is 23.2 Å². The first-order valence-corrected chi connectivity index (χ1v) is 7.90. The fourth-order valence-corrected chi connectivity index (χ4v) is 2.52. The van der Waals surface area contributed by atoms with Crippen LogP contribution in [0.3, 0.4) is 0 Å². The number of phenolic OH excluding ortho intramolecular Hbond substituents is 1. The van der Waals surface area contributed by atoms with Crippen LogP contribution in [0.15, 0.2) is 66.5 Å². The Kier molecular flexibility index (Phi) is 4.81. The number of benzene rings is 2. The second kappa shape index (κ2) is 7.36. The monoisotopic (exact) mass is 344 g/mol. The molecule has 0 aliphatic carbocycles. The fraction of sp³-hybridized carbons (Fsp3) is 0.0500. The first kappa shape index (κ1) is 17.0. The van der Waals surface area contributed by atoms with Crippen LogP contribution < -0.4 is 10.6 Å². The van der Waals surface area contributed by atoms with E-state index in [1.807, 2.05) is 19.1 Å². The second-order valence-electron chi connectivity index (χ2n) is 5.62. The molecule has 6 nitrogen and oxygen atoms in total. The lowest BCUT2D eigenvalue weighted by molar-refractivity contribution is -0.112. The number of hydrogen-bond acceptors (Lipinski definition) is 5. The summed E-state index contributed by atoms with van der Waals surface area (Å²) in [4.78, 5) is 16.6. The van der Waals surface area contributed by atoms with Gasteiger partial charge in [-0.1, -0.05) is 30.3 Å². The van der Waals surface area contributed by atoms with Gasteiger partial charge in [0.05, 0.1) is 0 Å². The zero-order valence-corrected chi connectivity index (χ0v) is 14.0. The average Bonchev–Trinajstić information content (AvgIpc) is 2.64. The summed E-state index contributed by atoms with van der Waals surface area (Å²) in [6, 6.07) is 15.8. The van der Waals surface area contributed by atoms with E-state index in [0.29, 0.717) is 22.3 Å². The van der Waals surface area contributed by atoms with Crippen molar-refractivity contribution in [2.24, 2.45) is 0 Å². The summed E-state index contributed by atoms with van der Waals surface area (Å²) < 4.78 is 0. The summed E-state index contributed by atoms with van der Waals surface area (Å²) >= 11 is 0. The number of aryl methyl sites for hydroxylation is 1. The standard InChI is InChI=1S/C20H16N4O2/c1-13-5-4-10-22-19(13)23-12-14(11-21)20(26)24-17-8-2-7-16-15(17)6-3-9-18(16)25/h2-10,12,25H,1H3,(H,22,23)(H,24,26)/b14-12-. The van der Waals surface area contributed by atoms with Crippen LogP contribution in [0, 0.1) is 18.3 Å². The molecule has 128 valence electrons. The molecule has 26 heavy (non-hydrogen) atoms. The molecule has 0 fully saturated rings. The lowest BCUT2D eigenvalue weighted by atomic mass is 10.1. The summed E-state index contributed by atoms with van der Waals surface area (Å²) in [5.74, 6) is 0.148. The predicted octanol–water partition coefficient (Wildman–Crippen LogP) is 3.71. The minimum absolute atomic E-state index is 0.0905. The number of carbonyl (C=O) groups excluding carboxylic acids is 1. The van der Waals surface area contributed by atoms with Gasteiger partial charge in [-0.25, -0.2) is 4.98 Å². The largest absolute Gasteiger partial charge is 0.507 e. The molecule has 0 unspecified atom stereocenters. The van der Waals surface area contributed by atoms with Crippen molar-refractivity contribution in [1.29, 1.82) is 5.26 Å². The number of fused-ring (bicyclic) bond motifs is 1. The van der Waals surface area contributed by atoms with Gasteiger partial charge >= 0.3 is 0 Å². The average molecular weight is 344 g/mol. The van der Waals surface area contributed by atoms with Crippen molar-refractivity contribution in [3.63, 3.8) is 0 Å². The second-order valence-corrected chi connectivity index (χ2v) is 5.62. The number of nitrogens with one attached hydrogen (secondary N) is 2. The van der Waals surface area contributed by atoms with Crippen LogP contribution in [0.5, 0.6) is 5.75 Å². The highest BCUT2D eigenvalue weighted by Gasteiger charge is 2.12. The Bertz CT molecular complexity index is 1050. The normalized spacial score (nSPS) is 11.0. The van der Waals surface area contributed by atoms with Crippen LogP contribution >= 0.6 is 0 Å². The summed E-state index contributed by atoms with van der Waals surface area (Å²) in [6.45, 7) is 1.87. The molecule has 0 aliphatic rings. The number of anilines is 2. The Labute approximate surface area is 150 Å². The van der Waals surface area contributed by atoms with E-state index >= 15 is 0 Å². The van der Waals surface area contributed by atoms with E-state index in [2.05, 4.69) is 15.6 Å². The molecule has 0 atom stereocenters. The molecule has 2 aromatic carbocycles. The van der Waals surface area contributed by atoms with Gasteiger partial charge in [0.15, 0.2) is 0 Å². The molecule has 0 saturated heterocycles. The van der Waals surface area contributed by atoms with Gasteiger partial charge < -0.3 is 15.7 Å². The summed E-state index contributed by atoms with van der Waals surface area (Å²) in [5.41, 5.74) is 1.32. The summed E-state index contributed by atoms with van der Waals surface area (Å²) in [5, 5.41) is 26.1. The number of pyridine rings is 1.